The van der Waals surface area contributed by atoms with Crippen LogP contribution in [0, 0.1) is 23.2 Å². The van der Waals surface area contributed by atoms with Gasteiger partial charge < -0.3 is 20.1 Å². The van der Waals surface area contributed by atoms with E-state index in [0.717, 1.165) is 55.9 Å². The molecule has 2 aromatic carbocycles. The summed E-state index contributed by atoms with van der Waals surface area (Å²) in [6, 6.07) is 17.4. The van der Waals surface area contributed by atoms with Gasteiger partial charge >= 0.3 is 0 Å². The average Bonchev–Trinajstić information content (AvgIpc) is 2.93. The molecular formula is C28H27N5O4. The molecule has 9 nitrogen and oxygen atoms in total. The van der Waals surface area contributed by atoms with Crippen LogP contribution in [0.5, 0.6) is 5.75 Å². The van der Waals surface area contributed by atoms with Crippen molar-refractivity contribution in [2.45, 2.75) is 18.9 Å². The van der Waals surface area contributed by atoms with E-state index in [2.05, 4.69) is 44.2 Å². The highest BCUT2D eigenvalue weighted by Gasteiger charge is 2.26. The average molecular weight is 498 g/mol. The molecule has 1 fully saturated rings. The Morgan fingerprint density at radius 3 is 2.32 bits per heavy atom. The zero-order chi connectivity index (χ0) is 26.0. The van der Waals surface area contributed by atoms with E-state index in [9.17, 15) is 14.7 Å². The molecule has 0 saturated carbocycles. The predicted molar refractivity (Wildman–Crippen MR) is 137 cm³/mol. The highest BCUT2D eigenvalue weighted by Crippen LogP contribution is 2.24. The maximum atomic E-state index is 12.7. The van der Waals surface area contributed by atoms with Gasteiger partial charge in [-0.1, -0.05) is 36.1 Å². The fourth-order valence-electron chi connectivity index (χ4n) is 4.04. The Hall–Kier alpha value is -4.44. The molecule has 37 heavy (non-hydrogen) atoms. The third-order valence-electron chi connectivity index (χ3n) is 6.05. The summed E-state index contributed by atoms with van der Waals surface area (Å²) in [5.41, 5.74) is 2.98. The number of carbonyl (C=O) groups is 1. The SMILES string of the molecule is N#CCNC(=O)C(Cc1ccc(C#Cc2ccc(CN3CCOCC3)cc2)cc1)c1nc[nH]c(=O)c1O. The molecular weight excluding hydrogens is 470 g/mol. The number of morpholine rings is 1. The van der Waals surface area contributed by atoms with Crippen LogP contribution in [0.25, 0.3) is 0 Å². The highest BCUT2D eigenvalue weighted by atomic mass is 16.5. The van der Waals surface area contributed by atoms with Crippen LogP contribution < -0.4 is 10.9 Å². The molecule has 2 heterocycles. The van der Waals surface area contributed by atoms with Crippen molar-refractivity contribution in [1.29, 1.82) is 5.26 Å². The van der Waals surface area contributed by atoms with Crippen LogP contribution in [0.2, 0.25) is 0 Å². The molecule has 1 amide bonds. The van der Waals surface area contributed by atoms with E-state index in [0.29, 0.717) is 0 Å². The molecule has 1 aromatic heterocycles. The summed E-state index contributed by atoms with van der Waals surface area (Å²) < 4.78 is 5.40. The smallest absolute Gasteiger partial charge is 0.293 e. The van der Waals surface area contributed by atoms with Crippen molar-refractivity contribution in [1.82, 2.24) is 20.2 Å². The second-order valence-corrected chi connectivity index (χ2v) is 8.63. The lowest BCUT2D eigenvalue weighted by Crippen LogP contribution is -2.35. The van der Waals surface area contributed by atoms with E-state index >= 15 is 0 Å². The van der Waals surface area contributed by atoms with Crippen LogP contribution >= 0.6 is 0 Å². The Morgan fingerprint density at radius 1 is 1.08 bits per heavy atom. The number of amides is 1. The number of H-pyrrole nitrogens is 1. The van der Waals surface area contributed by atoms with Crippen molar-refractivity contribution in [3.63, 3.8) is 0 Å². The van der Waals surface area contributed by atoms with E-state index in [1.165, 1.54) is 5.56 Å². The predicted octanol–water partition coefficient (Wildman–Crippen LogP) is 1.67. The molecule has 188 valence electrons. The third kappa shape index (κ3) is 7.05. The molecule has 4 rings (SSSR count). The molecule has 1 aliphatic rings. The molecule has 3 N–H and O–H groups in total. The van der Waals surface area contributed by atoms with Crippen LogP contribution in [0.15, 0.2) is 59.7 Å². The summed E-state index contributed by atoms with van der Waals surface area (Å²) >= 11 is 0. The number of nitriles is 1. The number of aromatic amines is 1. The van der Waals surface area contributed by atoms with Crippen molar-refractivity contribution >= 4 is 5.91 Å². The number of aromatic nitrogens is 2. The van der Waals surface area contributed by atoms with E-state index in [1.807, 2.05) is 42.5 Å². The first-order valence-corrected chi connectivity index (χ1v) is 11.9. The van der Waals surface area contributed by atoms with Gasteiger partial charge in [-0.05, 0) is 41.8 Å². The number of hydrogen-bond donors (Lipinski definition) is 3. The summed E-state index contributed by atoms with van der Waals surface area (Å²) in [5, 5.41) is 21.4. The molecule has 1 aliphatic heterocycles. The quantitative estimate of drug-likeness (QED) is 0.334. The van der Waals surface area contributed by atoms with Gasteiger partial charge in [-0.3, -0.25) is 14.5 Å². The van der Waals surface area contributed by atoms with Gasteiger partial charge in [-0.2, -0.15) is 5.26 Å². The zero-order valence-corrected chi connectivity index (χ0v) is 20.2. The topological polar surface area (TPSA) is 131 Å². The van der Waals surface area contributed by atoms with Gasteiger partial charge in [0.1, 0.15) is 12.2 Å². The van der Waals surface area contributed by atoms with Crippen LogP contribution in [-0.4, -0.2) is 58.7 Å². The minimum atomic E-state index is -0.941. The van der Waals surface area contributed by atoms with Crippen molar-refractivity contribution in [3.05, 3.63) is 93.2 Å². The molecule has 0 spiro atoms. The maximum Gasteiger partial charge on any atom is 0.293 e. The summed E-state index contributed by atoms with van der Waals surface area (Å²) in [7, 11) is 0. The number of carbonyl (C=O) groups excluding carboxylic acids is 1. The number of nitrogens with one attached hydrogen (secondary N) is 2. The van der Waals surface area contributed by atoms with Gasteiger partial charge in [0.05, 0.1) is 31.5 Å². The van der Waals surface area contributed by atoms with Crippen LogP contribution in [0.3, 0.4) is 0 Å². The van der Waals surface area contributed by atoms with Crippen molar-refractivity contribution in [2.75, 3.05) is 32.8 Å². The summed E-state index contributed by atoms with van der Waals surface area (Å²) in [4.78, 5) is 33.2. The maximum absolute atomic E-state index is 12.7. The van der Waals surface area contributed by atoms with Crippen LogP contribution in [0.1, 0.15) is 33.9 Å². The lowest BCUT2D eigenvalue weighted by molar-refractivity contribution is -0.122. The Bertz CT molecular complexity index is 1380. The number of nitrogens with zero attached hydrogens (tertiary/aromatic N) is 3. The normalized spacial score (nSPS) is 14.1. The molecule has 0 radical (unpaired) electrons. The summed E-state index contributed by atoms with van der Waals surface area (Å²) in [6.45, 7) is 4.17. The minimum Gasteiger partial charge on any atom is -0.502 e. The van der Waals surface area contributed by atoms with Crippen LogP contribution in [-0.2, 0) is 22.5 Å². The first kappa shape index (κ1) is 25.6. The number of ether oxygens (including phenoxy) is 1. The third-order valence-corrected chi connectivity index (χ3v) is 6.05. The van der Waals surface area contributed by atoms with Crippen molar-refractivity contribution in [3.8, 4) is 23.7 Å². The van der Waals surface area contributed by atoms with Crippen LogP contribution in [0.4, 0.5) is 0 Å². The van der Waals surface area contributed by atoms with Gasteiger partial charge in [0, 0.05) is 30.8 Å². The second kappa shape index (κ2) is 12.5. The Kier molecular flexibility index (Phi) is 8.66. The van der Waals surface area contributed by atoms with Gasteiger partial charge in [-0.15, -0.1) is 0 Å². The lowest BCUT2D eigenvalue weighted by atomic mass is 9.94. The number of aromatic hydroxyl groups is 1. The lowest BCUT2D eigenvalue weighted by Gasteiger charge is -2.26. The highest BCUT2D eigenvalue weighted by molar-refractivity contribution is 5.84. The Morgan fingerprint density at radius 2 is 1.70 bits per heavy atom. The minimum absolute atomic E-state index is 0.0416. The standard InChI is InChI=1S/C28H27N5O4/c29-11-12-30-27(35)24(25-26(34)28(36)32-19-31-25)17-22-7-3-20(4-8-22)1-2-21-5-9-23(10-6-21)18-33-13-15-37-16-14-33/h3-10,19,24,34H,12-18H2,(H,30,35)(H,31,32,36). The van der Waals surface area contributed by atoms with E-state index in [-0.39, 0.29) is 18.7 Å². The van der Waals surface area contributed by atoms with E-state index in [1.54, 1.807) is 0 Å². The fraction of sp³-hybridized carbons (Fsp3) is 0.286. The van der Waals surface area contributed by atoms with Gasteiger partial charge in [-0.25, -0.2) is 4.98 Å². The Balaban J connectivity index is 1.43. The zero-order valence-electron chi connectivity index (χ0n) is 20.2. The van der Waals surface area contributed by atoms with E-state index < -0.39 is 23.1 Å². The number of rotatable bonds is 7. The van der Waals surface area contributed by atoms with E-state index in [4.69, 9.17) is 10.00 Å². The fourth-order valence-corrected chi connectivity index (χ4v) is 4.04. The molecule has 1 saturated heterocycles. The van der Waals surface area contributed by atoms with Gasteiger partial charge in [0.2, 0.25) is 11.7 Å². The molecule has 1 atom stereocenters. The molecule has 1 unspecified atom stereocenters. The molecule has 9 heteroatoms. The Labute approximate surface area is 214 Å². The molecule has 3 aromatic rings. The monoisotopic (exact) mass is 497 g/mol. The first-order chi connectivity index (χ1) is 18.0. The molecule has 0 bridgehead atoms. The summed E-state index contributed by atoms with van der Waals surface area (Å²) in [5.74, 6) is 4.27. The van der Waals surface area contributed by atoms with Gasteiger partial charge in [0.25, 0.3) is 5.56 Å². The largest absolute Gasteiger partial charge is 0.502 e. The number of hydrogen-bond acceptors (Lipinski definition) is 7. The van der Waals surface area contributed by atoms with Crippen molar-refractivity contribution < 1.29 is 14.6 Å². The number of benzene rings is 2. The van der Waals surface area contributed by atoms with Crippen molar-refractivity contribution in [2.24, 2.45) is 0 Å². The second-order valence-electron chi connectivity index (χ2n) is 8.63. The first-order valence-electron chi connectivity index (χ1n) is 11.9. The molecule has 0 aliphatic carbocycles. The summed E-state index contributed by atoms with van der Waals surface area (Å²) in [6.07, 6.45) is 1.31. The van der Waals surface area contributed by atoms with Gasteiger partial charge in [0.15, 0.2) is 0 Å².